The molecule has 0 unspecified atom stereocenters. The number of ether oxygens (including phenoxy) is 4. The van der Waals surface area contributed by atoms with Gasteiger partial charge in [-0.3, -0.25) is 0 Å². The summed E-state index contributed by atoms with van der Waals surface area (Å²) in [6.07, 6.45) is 1.05. The Bertz CT molecular complexity index is 1470. The molecular formula is C31H28O6. The van der Waals surface area contributed by atoms with Crippen LogP contribution in [0.3, 0.4) is 0 Å². The smallest absolute Gasteiger partial charge is 0.338 e. The normalized spacial score (nSPS) is 16.3. The molecule has 0 aromatic heterocycles. The minimum Gasteiger partial charge on any atom is -0.496 e. The molecular weight excluding hydrogens is 468 g/mol. The van der Waals surface area contributed by atoms with Crippen LogP contribution in [0.25, 0.3) is 21.9 Å². The summed E-state index contributed by atoms with van der Waals surface area (Å²) in [7, 11) is 1.61. The SMILES string of the molecule is COc1ccc(COc2ccc3c(-c4ccccc4)c4c(cc3c2)C(=O)OC4)cc1C1(O)CCOCC1. The Labute approximate surface area is 215 Å². The molecule has 0 saturated carbocycles. The van der Waals surface area contributed by atoms with E-state index in [2.05, 4.69) is 12.1 Å². The maximum atomic E-state index is 12.4. The molecule has 0 spiro atoms. The summed E-state index contributed by atoms with van der Waals surface area (Å²) < 4.78 is 22.5. The van der Waals surface area contributed by atoms with Crippen LogP contribution in [0.5, 0.6) is 11.5 Å². The number of carbonyl (C=O) groups excluding carboxylic acids is 1. The fourth-order valence-corrected chi connectivity index (χ4v) is 5.35. The van der Waals surface area contributed by atoms with Crippen molar-refractivity contribution in [1.29, 1.82) is 0 Å². The third kappa shape index (κ3) is 4.32. The van der Waals surface area contributed by atoms with E-state index in [1.54, 1.807) is 7.11 Å². The molecule has 1 N–H and O–H groups in total. The van der Waals surface area contributed by atoms with Gasteiger partial charge in [-0.25, -0.2) is 4.79 Å². The lowest BCUT2D eigenvalue weighted by molar-refractivity contribution is -0.0690. The van der Waals surface area contributed by atoms with Gasteiger partial charge in [0, 0.05) is 37.2 Å². The third-order valence-corrected chi connectivity index (χ3v) is 7.34. The highest BCUT2D eigenvalue weighted by atomic mass is 16.5. The second-order valence-corrected chi connectivity index (χ2v) is 9.57. The van der Waals surface area contributed by atoms with Crippen molar-refractivity contribution in [1.82, 2.24) is 0 Å². The van der Waals surface area contributed by atoms with Crippen LogP contribution in [0.2, 0.25) is 0 Å². The summed E-state index contributed by atoms with van der Waals surface area (Å²) >= 11 is 0. The van der Waals surface area contributed by atoms with Crippen molar-refractivity contribution in [3.05, 3.63) is 95.1 Å². The third-order valence-electron chi connectivity index (χ3n) is 7.34. The largest absolute Gasteiger partial charge is 0.496 e. The molecule has 0 amide bonds. The molecule has 2 aliphatic heterocycles. The summed E-state index contributed by atoms with van der Waals surface area (Å²) in [5, 5.41) is 13.2. The van der Waals surface area contributed by atoms with Gasteiger partial charge in [-0.05, 0) is 57.8 Å². The molecule has 37 heavy (non-hydrogen) atoms. The highest BCUT2D eigenvalue weighted by molar-refractivity contribution is 6.07. The minimum absolute atomic E-state index is 0.283. The first-order valence-electron chi connectivity index (χ1n) is 12.5. The fourth-order valence-electron chi connectivity index (χ4n) is 5.35. The Kier molecular flexibility index (Phi) is 6.07. The lowest BCUT2D eigenvalue weighted by Crippen LogP contribution is -2.34. The van der Waals surface area contributed by atoms with Gasteiger partial charge in [-0.15, -0.1) is 0 Å². The van der Waals surface area contributed by atoms with Crippen molar-refractivity contribution in [2.45, 2.75) is 31.7 Å². The molecule has 0 atom stereocenters. The van der Waals surface area contributed by atoms with E-state index in [1.807, 2.05) is 60.7 Å². The Balaban J connectivity index is 1.32. The zero-order chi connectivity index (χ0) is 25.4. The minimum atomic E-state index is -0.981. The molecule has 6 nitrogen and oxygen atoms in total. The number of methoxy groups -OCH3 is 1. The van der Waals surface area contributed by atoms with Crippen LogP contribution in [0.15, 0.2) is 72.8 Å². The second-order valence-electron chi connectivity index (χ2n) is 9.57. The van der Waals surface area contributed by atoms with E-state index in [0.717, 1.165) is 38.6 Å². The van der Waals surface area contributed by atoms with Crippen LogP contribution < -0.4 is 9.47 Å². The van der Waals surface area contributed by atoms with Crippen molar-refractivity contribution in [2.75, 3.05) is 20.3 Å². The Morgan fingerprint density at radius 2 is 1.78 bits per heavy atom. The van der Waals surface area contributed by atoms with E-state index in [4.69, 9.17) is 18.9 Å². The van der Waals surface area contributed by atoms with Crippen molar-refractivity contribution in [3.8, 4) is 22.6 Å². The van der Waals surface area contributed by atoms with Crippen LogP contribution in [-0.2, 0) is 28.3 Å². The average Bonchev–Trinajstić information content (AvgIpc) is 3.31. The monoisotopic (exact) mass is 496 g/mol. The number of esters is 1. The number of benzene rings is 4. The zero-order valence-corrected chi connectivity index (χ0v) is 20.7. The molecule has 4 aromatic rings. The van der Waals surface area contributed by atoms with Crippen LogP contribution in [0.1, 0.15) is 39.9 Å². The molecule has 0 aliphatic carbocycles. The fraction of sp³-hybridized carbons (Fsp3) is 0.258. The van der Waals surface area contributed by atoms with Crippen LogP contribution in [0, 0.1) is 0 Å². The number of carbonyl (C=O) groups is 1. The van der Waals surface area contributed by atoms with Gasteiger partial charge in [0.1, 0.15) is 24.7 Å². The molecule has 1 saturated heterocycles. The van der Waals surface area contributed by atoms with Crippen LogP contribution in [-0.4, -0.2) is 31.4 Å². The van der Waals surface area contributed by atoms with Crippen molar-refractivity contribution in [2.24, 2.45) is 0 Å². The van der Waals surface area contributed by atoms with E-state index in [0.29, 0.717) is 49.7 Å². The van der Waals surface area contributed by atoms with Gasteiger partial charge in [-0.2, -0.15) is 0 Å². The van der Waals surface area contributed by atoms with E-state index in [-0.39, 0.29) is 12.6 Å². The van der Waals surface area contributed by atoms with Gasteiger partial charge in [-0.1, -0.05) is 42.5 Å². The highest BCUT2D eigenvalue weighted by Crippen LogP contribution is 2.40. The molecule has 0 bridgehead atoms. The van der Waals surface area contributed by atoms with Gasteiger partial charge in [0.2, 0.25) is 0 Å². The van der Waals surface area contributed by atoms with E-state index < -0.39 is 5.60 Å². The number of aliphatic hydroxyl groups is 1. The predicted molar refractivity (Wildman–Crippen MR) is 140 cm³/mol. The molecule has 2 aliphatic rings. The molecule has 4 aromatic carbocycles. The average molecular weight is 497 g/mol. The highest BCUT2D eigenvalue weighted by Gasteiger charge is 2.34. The number of hydrogen-bond donors (Lipinski definition) is 1. The van der Waals surface area contributed by atoms with Gasteiger partial charge < -0.3 is 24.1 Å². The molecule has 2 heterocycles. The number of fused-ring (bicyclic) bond motifs is 2. The van der Waals surface area contributed by atoms with Gasteiger partial charge in [0.05, 0.1) is 18.3 Å². The van der Waals surface area contributed by atoms with Gasteiger partial charge >= 0.3 is 5.97 Å². The number of hydrogen-bond acceptors (Lipinski definition) is 6. The number of cyclic esters (lactones) is 1. The lowest BCUT2D eigenvalue weighted by Gasteiger charge is -2.33. The summed E-state index contributed by atoms with van der Waals surface area (Å²) in [6, 6.07) is 23.7. The van der Waals surface area contributed by atoms with E-state index in [1.165, 1.54) is 0 Å². The maximum Gasteiger partial charge on any atom is 0.338 e. The Hall–Kier alpha value is -3.87. The standard InChI is InChI=1S/C31H28O6/c1-34-28-10-7-20(15-27(28)31(33)11-13-35-14-12-31)18-36-23-8-9-24-22(16-23)17-25-26(19-37-30(25)32)29(24)21-5-3-2-4-6-21/h2-10,15-17,33H,11-14,18-19H2,1H3. The summed E-state index contributed by atoms with van der Waals surface area (Å²) in [5.41, 5.74) is 4.31. The molecule has 6 heteroatoms. The topological polar surface area (TPSA) is 74.2 Å². The van der Waals surface area contributed by atoms with Crippen molar-refractivity contribution < 1.29 is 28.8 Å². The predicted octanol–water partition coefficient (Wildman–Crippen LogP) is 5.76. The van der Waals surface area contributed by atoms with Gasteiger partial charge in [0.25, 0.3) is 0 Å². The van der Waals surface area contributed by atoms with Crippen LogP contribution in [0.4, 0.5) is 0 Å². The number of rotatable bonds is 6. The van der Waals surface area contributed by atoms with Crippen molar-refractivity contribution in [3.63, 3.8) is 0 Å². The van der Waals surface area contributed by atoms with E-state index >= 15 is 0 Å². The van der Waals surface area contributed by atoms with Gasteiger partial charge in [0.15, 0.2) is 0 Å². The second kappa shape index (κ2) is 9.54. The zero-order valence-electron chi connectivity index (χ0n) is 20.7. The van der Waals surface area contributed by atoms with E-state index in [9.17, 15) is 9.90 Å². The Morgan fingerprint density at radius 3 is 2.57 bits per heavy atom. The van der Waals surface area contributed by atoms with Crippen molar-refractivity contribution >= 4 is 16.7 Å². The molecule has 0 radical (unpaired) electrons. The molecule has 188 valence electrons. The summed E-state index contributed by atoms with van der Waals surface area (Å²) in [6.45, 7) is 1.64. The lowest BCUT2D eigenvalue weighted by atomic mass is 9.85. The summed E-state index contributed by atoms with van der Waals surface area (Å²) in [4.78, 5) is 12.4. The first kappa shape index (κ1) is 23.5. The quantitative estimate of drug-likeness (QED) is 0.342. The molecule has 1 fully saturated rings. The molecule has 6 rings (SSSR count). The first-order valence-corrected chi connectivity index (χ1v) is 12.5. The summed E-state index contributed by atoms with van der Waals surface area (Å²) in [5.74, 6) is 1.06. The Morgan fingerprint density at radius 1 is 0.973 bits per heavy atom. The maximum absolute atomic E-state index is 12.4. The van der Waals surface area contributed by atoms with Crippen LogP contribution >= 0.6 is 0 Å². The first-order chi connectivity index (χ1) is 18.1.